The number of phenolic OH excluding ortho intramolecular Hbond substituents is 3. The van der Waals surface area contributed by atoms with Gasteiger partial charge in [0.05, 0.1) is 41.2 Å². The largest absolute Gasteiger partial charge is 0.507 e. The maximum atomic E-state index is 14.4. The number of amides is 1. The third-order valence-electron chi connectivity index (χ3n) is 12.1. The molecule has 0 saturated carbocycles. The van der Waals surface area contributed by atoms with E-state index >= 15 is 0 Å². The number of hydrogen-bond donors (Lipinski definition) is 6. The number of likely N-dealkylation sites (N-methyl/N-ethyl adjacent to an activating group) is 1. The van der Waals surface area contributed by atoms with Gasteiger partial charge in [-0.2, -0.15) is 0 Å². The molecule has 5 bridgehead atoms. The standard InChI is InChI=1S/C43H59N3O12/c1-21-12-11-13-22(2)42(54)44-33-28(20-46-17-15-45(9)16-18-46)37(51)30-31(38(33)52)36(50)26(6)40-32(30)41(53)43(8,58-40)56-19-14-29(55-10)23(3)39(57-27(7)47)25(5)35(49)24(4)34(21)48/h11-14,19,21,23-25,29,34-35,39,48-52H,15-18,20H2,1-10H3,(H,44,54)/b12-11-,19-14?,22-13-/t21-,23+,24+,25+,29-,34-,35+,39+,43-/m0/s1. The van der Waals surface area contributed by atoms with Gasteiger partial charge in [-0.15, -0.1) is 0 Å². The molecule has 0 radical (unpaired) electrons. The lowest BCUT2D eigenvalue weighted by Gasteiger charge is -2.38. The Balaban J connectivity index is 1.70. The number of esters is 1. The smallest absolute Gasteiger partial charge is 0.312 e. The van der Waals surface area contributed by atoms with Crippen LogP contribution in [0.15, 0.2) is 36.1 Å². The van der Waals surface area contributed by atoms with Crippen LogP contribution < -0.4 is 10.1 Å². The molecule has 0 aromatic heterocycles. The number of benzene rings is 2. The second-order valence-corrected chi connectivity index (χ2v) is 16.3. The van der Waals surface area contributed by atoms with Crippen molar-refractivity contribution in [3.63, 3.8) is 0 Å². The lowest BCUT2D eigenvalue weighted by Crippen LogP contribution is -2.46. The van der Waals surface area contributed by atoms with E-state index in [1.807, 2.05) is 11.9 Å². The molecule has 15 nitrogen and oxygen atoms in total. The maximum Gasteiger partial charge on any atom is 0.312 e. The number of aromatic hydroxyl groups is 3. The lowest BCUT2D eigenvalue weighted by atomic mass is 9.78. The highest BCUT2D eigenvalue weighted by Gasteiger charge is 2.50. The van der Waals surface area contributed by atoms with E-state index in [4.69, 9.17) is 18.9 Å². The number of anilines is 1. The van der Waals surface area contributed by atoms with Crippen molar-refractivity contribution in [2.24, 2.45) is 23.7 Å². The average Bonchev–Trinajstić information content (AvgIpc) is 3.45. The summed E-state index contributed by atoms with van der Waals surface area (Å²) in [7, 11) is 3.44. The number of nitrogens with one attached hydrogen (secondary N) is 1. The molecule has 1 fully saturated rings. The molecule has 0 unspecified atom stereocenters. The van der Waals surface area contributed by atoms with Crippen LogP contribution in [0.3, 0.4) is 0 Å². The monoisotopic (exact) mass is 809 g/mol. The van der Waals surface area contributed by atoms with Crippen LogP contribution in [-0.4, -0.2) is 124 Å². The lowest BCUT2D eigenvalue weighted by molar-refractivity contribution is -0.160. The number of hydrogen-bond acceptors (Lipinski definition) is 14. The van der Waals surface area contributed by atoms with E-state index in [-0.39, 0.29) is 51.0 Å². The van der Waals surface area contributed by atoms with E-state index in [9.17, 15) is 39.9 Å². The summed E-state index contributed by atoms with van der Waals surface area (Å²) in [4.78, 5) is 44.7. The Morgan fingerprint density at radius 3 is 2.21 bits per heavy atom. The minimum Gasteiger partial charge on any atom is -0.507 e. The molecule has 15 heteroatoms. The number of ether oxygens (including phenoxy) is 4. The van der Waals surface area contributed by atoms with E-state index < -0.39 is 88.8 Å². The van der Waals surface area contributed by atoms with Crippen LogP contribution >= 0.6 is 0 Å². The topological polar surface area (TPSA) is 208 Å². The van der Waals surface area contributed by atoms with E-state index in [0.717, 1.165) is 13.1 Å². The summed E-state index contributed by atoms with van der Waals surface area (Å²) in [6, 6.07) is 0. The zero-order valence-corrected chi connectivity index (χ0v) is 35.0. The van der Waals surface area contributed by atoms with Crippen LogP contribution in [0.2, 0.25) is 0 Å². The number of allylic oxidation sites excluding steroid dienone is 2. The molecule has 9 atom stereocenters. The number of aliphatic hydroxyl groups excluding tert-OH is 2. The summed E-state index contributed by atoms with van der Waals surface area (Å²) in [6.45, 7) is 15.4. The number of carbonyl (C=O) groups is 3. The van der Waals surface area contributed by atoms with Gasteiger partial charge in [-0.1, -0.05) is 45.9 Å². The number of Topliss-reactive ketones (excluding diaryl/α,β-unsaturated/α-hetero) is 1. The summed E-state index contributed by atoms with van der Waals surface area (Å²) in [5.74, 6) is -7.86. The van der Waals surface area contributed by atoms with Crippen molar-refractivity contribution in [1.82, 2.24) is 9.80 Å². The maximum absolute atomic E-state index is 14.4. The molecule has 318 valence electrons. The number of aliphatic hydroxyl groups is 2. The molecule has 58 heavy (non-hydrogen) atoms. The Labute approximate surface area is 339 Å². The van der Waals surface area contributed by atoms with Crippen LogP contribution in [0.4, 0.5) is 5.69 Å². The van der Waals surface area contributed by atoms with Gasteiger partial charge in [-0.05, 0) is 27.0 Å². The van der Waals surface area contributed by atoms with Crippen LogP contribution in [0.25, 0.3) is 10.8 Å². The fourth-order valence-electron chi connectivity index (χ4n) is 8.17. The van der Waals surface area contributed by atoms with Gasteiger partial charge in [-0.3, -0.25) is 19.3 Å². The molecule has 6 rings (SSSR count). The number of nitrogens with zero attached hydrogens (tertiary/aromatic N) is 2. The van der Waals surface area contributed by atoms with Gasteiger partial charge in [0.25, 0.3) is 11.7 Å². The molecule has 0 spiro atoms. The Bertz CT molecular complexity index is 2000. The first-order valence-corrected chi connectivity index (χ1v) is 19.7. The van der Waals surface area contributed by atoms with Gasteiger partial charge in [0.1, 0.15) is 23.4 Å². The van der Waals surface area contributed by atoms with Crippen LogP contribution in [0.1, 0.15) is 70.0 Å². The molecular formula is C43H59N3O12. The van der Waals surface area contributed by atoms with Gasteiger partial charge in [0.15, 0.2) is 5.75 Å². The highest BCUT2D eigenvalue weighted by molar-refractivity contribution is 6.22. The summed E-state index contributed by atoms with van der Waals surface area (Å²) in [6.07, 6.45) is 3.73. The van der Waals surface area contributed by atoms with Crippen molar-refractivity contribution in [2.45, 2.75) is 92.1 Å². The van der Waals surface area contributed by atoms with E-state index in [0.29, 0.717) is 13.1 Å². The first kappa shape index (κ1) is 44.4. The molecule has 4 aliphatic heterocycles. The fraction of sp³-hybridized carbons (Fsp3) is 0.558. The second-order valence-electron chi connectivity index (χ2n) is 16.3. The molecule has 1 saturated heterocycles. The van der Waals surface area contributed by atoms with Crippen molar-refractivity contribution in [3.05, 3.63) is 52.8 Å². The second kappa shape index (κ2) is 17.7. The average molecular weight is 810 g/mol. The summed E-state index contributed by atoms with van der Waals surface area (Å²) >= 11 is 0. The van der Waals surface area contributed by atoms with Gasteiger partial charge in [-0.25, -0.2) is 0 Å². The third-order valence-corrected chi connectivity index (χ3v) is 12.1. The summed E-state index contributed by atoms with van der Waals surface area (Å²) < 4.78 is 23.7. The number of ketones is 1. The minimum atomic E-state index is -2.01. The first-order valence-electron chi connectivity index (χ1n) is 19.7. The quantitative estimate of drug-likeness (QED) is 0.143. The first-order chi connectivity index (χ1) is 27.2. The zero-order valence-electron chi connectivity index (χ0n) is 35.0. The fourth-order valence-corrected chi connectivity index (χ4v) is 8.17. The van der Waals surface area contributed by atoms with E-state index in [2.05, 4.69) is 10.2 Å². The SMILES string of the molecule is CO[C@H]1C=CO[C@@]2(C)Oc3c(C)c(O)c4c(O)c(c(CN5CCN(C)CC5)c(O)c4c3C2=O)NC(=O)/C(C)=C\C=C/[C@H](C)[C@H](O)[C@@H](C)[C@@H](O)[C@@H](C)[C@H](OC(C)=O)[C@@H]1C. The molecule has 2 aromatic rings. The number of rotatable bonds is 4. The van der Waals surface area contributed by atoms with Crippen molar-refractivity contribution in [1.29, 1.82) is 0 Å². The van der Waals surface area contributed by atoms with Crippen molar-refractivity contribution in [3.8, 4) is 23.0 Å². The van der Waals surface area contributed by atoms with Crippen molar-refractivity contribution in [2.75, 3.05) is 45.7 Å². The van der Waals surface area contributed by atoms with Gasteiger partial charge in [0, 0.05) is 99.4 Å². The Morgan fingerprint density at radius 2 is 1.59 bits per heavy atom. The molecule has 2 aromatic carbocycles. The predicted molar refractivity (Wildman–Crippen MR) is 217 cm³/mol. The molecule has 4 heterocycles. The molecule has 6 N–H and O–H groups in total. The van der Waals surface area contributed by atoms with E-state index in [1.165, 1.54) is 46.3 Å². The Kier molecular flexibility index (Phi) is 13.5. The number of fused-ring (bicyclic) bond motifs is 14. The summed E-state index contributed by atoms with van der Waals surface area (Å²) in [5.41, 5.74) is 0.176. The van der Waals surface area contributed by atoms with Gasteiger partial charge < -0.3 is 54.7 Å². The van der Waals surface area contributed by atoms with Gasteiger partial charge >= 0.3 is 11.8 Å². The highest BCUT2D eigenvalue weighted by atomic mass is 16.7. The van der Waals surface area contributed by atoms with Crippen LogP contribution in [0.5, 0.6) is 23.0 Å². The predicted octanol–water partition coefficient (Wildman–Crippen LogP) is 4.50. The molecular weight excluding hydrogens is 750 g/mol. The Morgan fingerprint density at radius 1 is 0.931 bits per heavy atom. The van der Waals surface area contributed by atoms with E-state index in [1.54, 1.807) is 46.8 Å². The number of methoxy groups -OCH3 is 1. The molecule has 0 aliphatic carbocycles. The summed E-state index contributed by atoms with van der Waals surface area (Å²) in [5, 5.41) is 60.9. The van der Waals surface area contributed by atoms with Crippen LogP contribution in [0, 0.1) is 30.6 Å². The number of carbonyl (C=O) groups excluding carboxylic acids is 3. The van der Waals surface area contributed by atoms with Crippen molar-refractivity contribution < 1.29 is 58.9 Å². The van der Waals surface area contributed by atoms with Gasteiger partial charge in [0.2, 0.25) is 0 Å². The minimum absolute atomic E-state index is 0.0565. The molecule has 1 amide bonds. The Hall–Kier alpha value is -4.67. The number of piperazine rings is 1. The molecule has 4 aliphatic rings. The highest BCUT2D eigenvalue weighted by Crippen LogP contribution is 2.55. The normalized spacial score (nSPS) is 32.0. The van der Waals surface area contributed by atoms with Crippen LogP contribution in [-0.2, 0) is 30.3 Å². The zero-order chi connectivity index (χ0) is 43.0. The van der Waals surface area contributed by atoms with Crippen molar-refractivity contribution >= 4 is 34.1 Å². The number of phenols is 3. The third kappa shape index (κ3) is 8.55.